The molecule has 0 aliphatic heterocycles. The van der Waals surface area contributed by atoms with Crippen molar-refractivity contribution in [3.8, 4) is 0 Å². The van der Waals surface area contributed by atoms with E-state index in [1.165, 1.54) is 0 Å². The van der Waals surface area contributed by atoms with Crippen LogP contribution in [-0.4, -0.2) is 36.6 Å². The summed E-state index contributed by atoms with van der Waals surface area (Å²) in [6, 6.07) is -0.423. The number of aromatic nitrogens is 6. The zero-order valence-electron chi connectivity index (χ0n) is 7.56. The van der Waals surface area contributed by atoms with Gasteiger partial charge in [0.1, 0.15) is 5.82 Å². The maximum Gasteiger partial charge on any atom is 0.322 e. The maximum atomic E-state index is 11.2. The van der Waals surface area contributed by atoms with Gasteiger partial charge in [-0.05, 0) is 5.21 Å². The number of aromatic amines is 2. The third-order valence-electron chi connectivity index (χ3n) is 1.54. The molecule has 0 radical (unpaired) electrons. The normalized spacial score (nSPS) is 9.87. The highest BCUT2D eigenvalue weighted by molar-refractivity contribution is 5.86. The van der Waals surface area contributed by atoms with Gasteiger partial charge in [-0.1, -0.05) is 5.10 Å². The summed E-state index contributed by atoms with van der Waals surface area (Å²) >= 11 is 0. The van der Waals surface area contributed by atoms with Crippen LogP contribution < -0.4 is 10.6 Å². The van der Waals surface area contributed by atoms with E-state index in [1.807, 2.05) is 0 Å². The molecule has 2 aromatic rings. The summed E-state index contributed by atoms with van der Waals surface area (Å²) in [6.45, 7) is 0.302. The second-order valence-corrected chi connectivity index (χ2v) is 2.58. The molecule has 0 fully saturated rings. The largest absolute Gasteiger partial charge is 0.347 e. The summed E-state index contributed by atoms with van der Waals surface area (Å²) in [4.78, 5) is 18.0. The number of H-pyrrole nitrogens is 2. The number of hydrogen-bond donors (Lipinski definition) is 4. The topological polar surface area (TPSA) is 124 Å². The van der Waals surface area contributed by atoms with Crippen molar-refractivity contribution in [1.82, 2.24) is 35.9 Å². The number of carbonyl (C=O) groups excluding carboxylic acids is 1. The molecule has 0 aliphatic carbocycles. The Hall–Kier alpha value is -2.45. The van der Waals surface area contributed by atoms with Gasteiger partial charge in [0.2, 0.25) is 0 Å². The number of nitrogens with one attached hydrogen (secondary N) is 4. The summed E-state index contributed by atoms with van der Waals surface area (Å²) in [5.74, 6) is 0.783. The molecule has 0 aliphatic rings. The molecule has 4 N–H and O–H groups in total. The lowest BCUT2D eigenvalue weighted by atomic mass is 10.6. The Labute approximate surface area is 83.7 Å². The lowest BCUT2D eigenvalue weighted by Crippen LogP contribution is -2.29. The van der Waals surface area contributed by atoms with E-state index >= 15 is 0 Å². The molecule has 9 heteroatoms. The maximum absolute atomic E-state index is 11.2. The van der Waals surface area contributed by atoms with Crippen LogP contribution in [0.5, 0.6) is 0 Å². The number of imidazole rings is 1. The lowest BCUT2D eigenvalue weighted by molar-refractivity contribution is 0.251. The minimum absolute atomic E-state index is 0.118. The van der Waals surface area contributed by atoms with Gasteiger partial charge in [0.25, 0.3) is 5.95 Å². The fraction of sp³-hybridized carbons (Fsp3) is 0.167. The van der Waals surface area contributed by atoms with Crippen LogP contribution >= 0.6 is 0 Å². The van der Waals surface area contributed by atoms with Gasteiger partial charge in [-0.2, -0.15) is 5.21 Å². The number of tetrazole rings is 1. The lowest BCUT2D eigenvalue weighted by Gasteiger charge is -2.01. The first-order chi connectivity index (χ1) is 7.34. The van der Waals surface area contributed by atoms with Gasteiger partial charge in [0.15, 0.2) is 0 Å². The first kappa shape index (κ1) is 9.12. The smallest absolute Gasteiger partial charge is 0.322 e. The van der Waals surface area contributed by atoms with E-state index in [9.17, 15) is 4.79 Å². The summed E-state index contributed by atoms with van der Waals surface area (Å²) in [6.07, 6.45) is 3.28. The van der Waals surface area contributed by atoms with Crippen molar-refractivity contribution in [3.63, 3.8) is 0 Å². The van der Waals surface area contributed by atoms with E-state index in [0.717, 1.165) is 0 Å². The minimum atomic E-state index is -0.423. The predicted molar refractivity (Wildman–Crippen MR) is 48.6 cm³/mol. The molecule has 0 saturated heterocycles. The number of rotatable bonds is 3. The molecule has 0 unspecified atom stereocenters. The molecular formula is C6H8N8O. The fourth-order valence-corrected chi connectivity index (χ4v) is 0.919. The van der Waals surface area contributed by atoms with E-state index in [-0.39, 0.29) is 5.95 Å². The molecule has 9 nitrogen and oxygen atoms in total. The van der Waals surface area contributed by atoms with Gasteiger partial charge in [0, 0.05) is 12.4 Å². The molecule has 78 valence electrons. The van der Waals surface area contributed by atoms with Crippen LogP contribution in [0, 0.1) is 0 Å². The van der Waals surface area contributed by atoms with Crippen molar-refractivity contribution in [2.75, 3.05) is 5.32 Å². The second kappa shape index (κ2) is 4.17. The minimum Gasteiger partial charge on any atom is -0.347 e. The van der Waals surface area contributed by atoms with Crippen molar-refractivity contribution >= 4 is 12.0 Å². The molecule has 0 saturated carbocycles. The molecule has 2 aromatic heterocycles. The van der Waals surface area contributed by atoms with E-state index in [4.69, 9.17) is 0 Å². The fourth-order valence-electron chi connectivity index (χ4n) is 0.919. The zero-order valence-corrected chi connectivity index (χ0v) is 7.56. The van der Waals surface area contributed by atoms with Crippen LogP contribution in [-0.2, 0) is 6.54 Å². The van der Waals surface area contributed by atoms with Crippen LogP contribution in [0.3, 0.4) is 0 Å². The molecule has 0 atom stereocenters. The number of hydrogen-bond acceptors (Lipinski definition) is 5. The molecule has 0 aromatic carbocycles. The van der Waals surface area contributed by atoms with Crippen LogP contribution in [0.15, 0.2) is 12.4 Å². The number of carbonyl (C=O) groups is 1. The third-order valence-corrected chi connectivity index (χ3v) is 1.54. The van der Waals surface area contributed by atoms with Crippen molar-refractivity contribution < 1.29 is 4.79 Å². The van der Waals surface area contributed by atoms with Crippen molar-refractivity contribution in [1.29, 1.82) is 0 Å². The Morgan fingerprint density at radius 2 is 2.47 bits per heavy atom. The number of nitrogens with zero attached hydrogens (tertiary/aromatic N) is 4. The highest BCUT2D eigenvalue weighted by Crippen LogP contribution is 1.91. The molecule has 2 rings (SSSR count). The summed E-state index contributed by atoms with van der Waals surface area (Å²) in [7, 11) is 0. The summed E-state index contributed by atoms with van der Waals surface area (Å²) < 4.78 is 0. The Morgan fingerprint density at radius 1 is 1.53 bits per heavy atom. The molecule has 0 spiro atoms. The van der Waals surface area contributed by atoms with Crippen LogP contribution in [0.25, 0.3) is 0 Å². The Kier molecular flexibility index (Phi) is 2.54. The van der Waals surface area contributed by atoms with Crippen molar-refractivity contribution in [2.24, 2.45) is 0 Å². The van der Waals surface area contributed by atoms with E-state index < -0.39 is 6.03 Å². The van der Waals surface area contributed by atoms with Crippen LogP contribution in [0.1, 0.15) is 5.82 Å². The second-order valence-electron chi connectivity index (χ2n) is 2.58. The highest BCUT2D eigenvalue weighted by atomic mass is 16.2. The Bertz CT molecular complexity index is 406. The first-order valence-corrected chi connectivity index (χ1v) is 4.11. The monoisotopic (exact) mass is 208 g/mol. The standard InChI is InChI=1S/C6H8N8O/c15-6(10-5-11-13-14-12-5)9-3-4-7-1-2-8-4/h1-2H,3H2,(H,7,8)(H3,9,10,11,12,13,14,15). The van der Waals surface area contributed by atoms with E-state index in [1.54, 1.807) is 12.4 Å². The first-order valence-electron chi connectivity index (χ1n) is 4.11. The van der Waals surface area contributed by atoms with Gasteiger partial charge in [-0.3, -0.25) is 5.32 Å². The molecule has 15 heavy (non-hydrogen) atoms. The SMILES string of the molecule is O=C(NCc1ncc[nH]1)Nc1nn[nH]n1. The number of anilines is 1. The number of amides is 2. The average molecular weight is 208 g/mol. The molecule has 0 bridgehead atoms. The van der Waals surface area contributed by atoms with E-state index in [0.29, 0.717) is 12.4 Å². The van der Waals surface area contributed by atoms with Gasteiger partial charge < -0.3 is 10.3 Å². The van der Waals surface area contributed by atoms with Crippen molar-refractivity contribution in [3.05, 3.63) is 18.2 Å². The third kappa shape index (κ3) is 2.49. The summed E-state index contributed by atoms with van der Waals surface area (Å²) in [5, 5.41) is 17.6. The predicted octanol–water partition coefficient (Wildman–Crippen LogP) is -0.756. The molecular weight excluding hydrogens is 200 g/mol. The quantitative estimate of drug-likeness (QED) is 0.528. The van der Waals surface area contributed by atoms with Gasteiger partial charge in [-0.25, -0.2) is 9.78 Å². The highest BCUT2D eigenvalue weighted by Gasteiger charge is 2.04. The van der Waals surface area contributed by atoms with E-state index in [2.05, 4.69) is 41.2 Å². The van der Waals surface area contributed by atoms with Crippen molar-refractivity contribution in [2.45, 2.75) is 6.54 Å². The molecule has 2 amide bonds. The summed E-state index contributed by atoms with van der Waals surface area (Å²) in [5.41, 5.74) is 0. The Balaban J connectivity index is 1.78. The molecule has 2 heterocycles. The van der Waals surface area contributed by atoms with Gasteiger partial charge in [-0.15, -0.1) is 5.10 Å². The average Bonchev–Trinajstić information content (AvgIpc) is 2.86. The van der Waals surface area contributed by atoms with Crippen LogP contribution in [0.2, 0.25) is 0 Å². The van der Waals surface area contributed by atoms with Gasteiger partial charge >= 0.3 is 6.03 Å². The zero-order chi connectivity index (χ0) is 10.5. The number of urea groups is 1. The Morgan fingerprint density at radius 3 is 3.13 bits per heavy atom. The van der Waals surface area contributed by atoms with Gasteiger partial charge in [0.05, 0.1) is 6.54 Å². The van der Waals surface area contributed by atoms with Crippen LogP contribution in [0.4, 0.5) is 10.7 Å².